The summed E-state index contributed by atoms with van der Waals surface area (Å²) >= 11 is 0. The normalized spacial score (nSPS) is 14.2. The van der Waals surface area contributed by atoms with Gasteiger partial charge in [0.15, 0.2) is 5.58 Å². The van der Waals surface area contributed by atoms with Gasteiger partial charge in [-0.2, -0.15) is 4.98 Å². The van der Waals surface area contributed by atoms with E-state index in [1.54, 1.807) is 0 Å². The molecule has 2 aromatic heterocycles. The molecule has 2 heterocycles. The minimum absolute atomic E-state index is 0.151. The molecule has 0 atom stereocenters. The molecule has 1 aliphatic rings. The molecular weight excluding hydrogens is 428 g/mol. The first-order chi connectivity index (χ1) is 17.1. The van der Waals surface area contributed by atoms with Crippen LogP contribution in [0.25, 0.3) is 60.8 Å². The molecule has 7 aromatic rings. The molecule has 0 spiro atoms. The Hall–Kier alpha value is -4.37. The van der Waals surface area contributed by atoms with Crippen LogP contribution in [0.1, 0.15) is 25.0 Å². The van der Waals surface area contributed by atoms with Gasteiger partial charge in [-0.15, -0.1) is 0 Å². The summed E-state index contributed by atoms with van der Waals surface area (Å²) in [4.78, 5) is 4.86. The molecule has 0 saturated heterocycles. The second-order valence-corrected chi connectivity index (χ2v) is 10.0. The van der Waals surface area contributed by atoms with E-state index in [0.717, 1.165) is 22.1 Å². The van der Waals surface area contributed by atoms with E-state index in [0.29, 0.717) is 6.01 Å². The first-order valence-electron chi connectivity index (χ1n) is 12.1. The van der Waals surface area contributed by atoms with Crippen molar-refractivity contribution in [3.8, 4) is 17.1 Å². The highest BCUT2D eigenvalue weighted by Gasteiger charge is 2.39. The maximum atomic E-state index is 6.27. The summed E-state index contributed by atoms with van der Waals surface area (Å²) in [6.07, 6.45) is 0. The Balaban J connectivity index is 1.52. The van der Waals surface area contributed by atoms with E-state index in [9.17, 15) is 0 Å². The van der Waals surface area contributed by atoms with E-state index in [4.69, 9.17) is 9.40 Å². The third kappa shape index (κ3) is 2.33. The maximum absolute atomic E-state index is 6.27. The van der Waals surface area contributed by atoms with E-state index >= 15 is 0 Å². The van der Waals surface area contributed by atoms with Crippen molar-refractivity contribution < 1.29 is 4.42 Å². The number of fused-ring (bicyclic) bond motifs is 10. The zero-order valence-electron chi connectivity index (χ0n) is 19.5. The fraction of sp³-hybridized carbons (Fsp3) is 0.0938. The van der Waals surface area contributed by atoms with Crippen LogP contribution in [0.5, 0.6) is 0 Å². The van der Waals surface area contributed by atoms with Gasteiger partial charge < -0.3 is 4.42 Å². The molecule has 0 saturated carbocycles. The summed E-state index contributed by atoms with van der Waals surface area (Å²) in [6.45, 7) is 4.74. The third-order valence-electron chi connectivity index (χ3n) is 7.78. The average Bonchev–Trinajstić information content (AvgIpc) is 3.52. The lowest BCUT2D eigenvalue weighted by molar-refractivity contribution is 0.574. The molecule has 0 bridgehead atoms. The monoisotopic (exact) mass is 450 g/mol. The Morgan fingerprint density at radius 3 is 2.26 bits per heavy atom. The topological polar surface area (TPSA) is 31.0 Å². The number of para-hydroxylation sites is 3. The van der Waals surface area contributed by atoms with Crippen LogP contribution in [0.2, 0.25) is 0 Å². The Kier molecular flexibility index (Phi) is 3.47. The standard InChI is InChI=1S/C32H22N2O/c1-32(2)29-20-10-4-3-9-19(20)15-16-21(29)22-17-18-26-28(30(22)32)23-11-5-7-13-25(23)34(26)31-33-24-12-6-8-14-27(24)35-31/h3-18H,1-2H3. The average molecular weight is 451 g/mol. The Morgan fingerprint density at radius 2 is 1.37 bits per heavy atom. The summed E-state index contributed by atoms with van der Waals surface area (Å²) in [5.41, 5.74) is 9.21. The zero-order chi connectivity index (χ0) is 23.3. The van der Waals surface area contributed by atoms with Gasteiger partial charge in [0.05, 0.1) is 11.0 Å². The molecule has 0 unspecified atom stereocenters. The van der Waals surface area contributed by atoms with Crippen molar-refractivity contribution >= 4 is 43.7 Å². The summed E-state index contributed by atoms with van der Waals surface area (Å²) in [5, 5.41) is 5.14. The molecule has 8 rings (SSSR count). The van der Waals surface area contributed by atoms with Crippen LogP contribution in [0.15, 0.2) is 101 Å². The van der Waals surface area contributed by atoms with Crippen LogP contribution >= 0.6 is 0 Å². The van der Waals surface area contributed by atoms with Crippen LogP contribution in [-0.4, -0.2) is 9.55 Å². The molecule has 0 fully saturated rings. The lowest BCUT2D eigenvalue weighted by Gasteiger charge is -2.24. The highest BCUT2D eigenvalue weighted by atomic mass is 16.4. The number of oxazole rings is 1. The van der Waals surface area contributed by atoms with E-state index in [1.165, 1.54) is 43.8 Å². The van der Waals surface area contributed by atoms with Gasteiger partial charge in [-0.3, -0.25) is 4.57 Å². The van der Waals surface area contributed by atoms with Crippen molar-refractivity contribution in [1.29, 1.82) is 0 Å². The lowest BCUT2D eigenvalue weighted by atomic mass is 9.78. The van der Waals surface area contributed by atoms with E-state index in [-0.39, 0.29) is 5.41 Å². The van der Waals surface area contributed by atoms with Gasteiger partial charge in [0.25, 0.3) is 0 Å². The molecule has 35 heavy (non-hydrogen) atoms. The number of benzene rings is 5. The molecule has 0 radical (unpaired) electrons. The number of rotatable bonds is 1. The van der Waals surface area contributed by atoms with Crippen molar-refractivity contribution in [3.63, 3.8) is 0 Å². The predicted octanol–water partition coefficient (Wildman–Crippen LogP) is 8.38. The third-order valence-corrected chi connectivity index (χ3v) is 7.78. The molecule has 1 aliphatic carbocycles. The first kappa shape index (κ1) is 19.0. The van der Waals surface area contributed by atoms with Gasteiger partial charge in [0.1, 0.15) is 5.52 Å². The van der Waals surface area contributed by atoms with Crippen LogP contribution in [0, 0.1) is 0 Å². The summed E-state index contributed by atoms with van der Waals surface area (Å²) in [5.74, 6) is 0. The largest absolute Gasteiger partial charge is 0.423 e. The highest BCUT2D eigenvalue weighted by molar-refractivity contribution is 6.15. The smallest absolute Gasteiger partial charge is 0.307 e. The fourth-order valence-electron chi connectivity index (χ4n) is 6.39. The quantitative estimate of drug-likeness (QED) is 0.251. The molecule has 0 N–H and O–H groups in total. The number of hydrogen-bond acceptors (Lipinski definition) is 2. The van der Waals surface area contributed by atoms with Gasteiger partial charge in [0.2, 0.25) is 0 Å². The molecule has 0 amide bonds. The molecule has 0 aliphatic heterocycles. The van der Waals surface area contributed by atoms with Crippen LogP contribution in [-0.2, 0) is 5.41 Å². The Bertz CT molecular complexity index is 1950. The molecule has 166 valence electrons. The van der Waals surface area contributed by atoms with Crippen molar-refractivity contribution in [2.24, 2.45) is 0 Å². The summed E-state index contributed by atoms with van der Waals surface area (Å²) in [7, 11) is 0. The summed E-state index contributed by atoms with van der Waals surface area (Å²) < 4.78 is 8.45. The van der Waals surface area contributed by atoms with E-state index < -0.39 is 0 Å². The minimum Gasteiger partial charge on any atom is -0.423 e. The van der Waals surface area contributed by atoms with Crippen molar-refractivity contribution in [3.05, 3.63) is 108 Å². The molecule has 3 heteroatoms. The van der Waals surface area contributed by atoms with E-state index in [1.807, 2.05) is 24.3 Å². The van der Waals surface area contributed by atoms with Gasteiger partial charge in [0, 0.05) is 16.2 Å². The second-order valence-electron chi connectivity index (χ2n) is 10.0. The fourth-order valence-corrected chi connectivity index (χ4v) is 6.39. The van der Waals surface area contributed by atoms with Crippen molar-refractivity contribution in [2.45, 2.75) is 19.3 Å². The van der Waals surface area contributed by atoms with Gasteiger partial charge >= 0.3 is 6.01 Å². The first-order valence-corrected chi connectivity index (χ1v) is 12.1. The number of nitrogens with zero attached hydrogens (tertiary/aromatic N) is 2. The molecular formula is C32H22N2O. The van der Waals surface area contributed by atoms with Gasteiger partial charge in [-0.1, -0.05) is 86.6 Å². The van der Waals surface area contributed by atoms with Gasteiger partial charge in [-0.05, 0) is 57.3 Å². The maximum Gasteiger partial charge on any atom is 0.307 e. The SMILES string of the molecule is CC1(C)c2c(ccc3ccccc23)-c2ccc3c(c21)c1ccccc1n3-c1nc2ccccc2o1. The number of hydrogen-bond donors (Lipinski definition) is 0. The highest BCUT2D eigenvalue weighted by Crippen LogP contribution is 2.55. The minimum atomic E-state index is -0.151. The molecule has 5 aromatic carbocycles. The van der Waals surface area contributed by atoms with Gasteiger partial charge in [-0.25, -0.2) is 0 Å². The lowest BCUT2D eigenvalue weighted by Crippen LogP contribution is -2.16. The van der Waals surface area contributed by atoms with Crippen LogP contribution < -0.4 is 0 Å². The van der Waals surface area contributed by atoms with Crippen LogP contribution in [0.3, 0.4) is 0 Å². The Morgan fingerprint density at radius 1 is 0.657 bits per heavy atom. The summed E-state index contributed by atoms with van der Waals surface area (Å²) in [6, 6.07) is 35.0. The molecule has 3 nitrogen and oxygen atoms in total. The second kappa shape index (κ2) is 6.39. The van der Waals surface area contributed by atoms with Crippen molar-refractivity contribution in [2.75, 3.05) is 0 Å². The predicted molar refractivity (Wildman–Crippen MR) is 143 cm³/mol. The zero-order valence-corrected chi connectivity index (χ0v) is 19.5. The van der Waals surface area contributed by atoms with Crippen molar-refractivity contribution in [1.82, 2.24) is 9.55 Å². The van der Waals surface area contributed by atoms with E-state index in [2.05, 4.69) is 91.2 Å². The Labute approximate surface area is 202 Å². The van der Waals surface area contributed by atoms with Crippen LogP contribution in [0.4, 0.5) is 0 Å². The number of aromatic nitrogens is 2.